The van der Waals surface area contributed by atoms with E-state index in [-0.39, 0.29) is 29.7 Å². The standard InChI is InChI=1S/C23H27N3O7/c1-25(2)11-6-9-5-10-7-12-17(26(3)4)19(29)16(22(24)32)21(31)23(12,33)20(30)15(10)18(28)14(9)13(27)8-11/h6,8,10,12,17,27-28,31,33H,5,7H2,1-4H3,(H2,24,32)/t10-,12?,17-,23-/m0/s1. The van der Waals surface area contributed by atoms with E-state index in [0.29, 0.717) is 11.3 Å². The Morgan fingerprint density at radius 1 is 1.12 bits per heavy atom. The summed E-state index contributed by atoms with van der Waals surface area (Å²) in [6.07, 6.45) is 0.336. The third-order valence-electron chi connectivity index (χ3n) is 7.03. The summed E-state index contributed by atoms with van der Waals surface area (Å²) in [5, 5.41) is 43.9. The monoisotopic (exact) mass is 457 g/mol. The molecular formula is C23H27N3O7. The van der Waals surface area contributed by atoms with Crippen molar-refractivity contribution in [2.75, 3.05) is 33.1 Å². The Kier molecular flexibility index (Phi) is 5.06. The summed E-state index contributed by atoms with van der Waals surface area (Å²) in [5.74, 6) is -6.52. The molecule has 1 saturated carbocycles. The van der Waals surface area contributed by atoms with Gasteiger partial charge in [-0.3, -0.25) is 19.3 Å². The molecule has 10 nitrogen and oxygen atoms in total. The predicted molar refractivity (Wildman–Crippen MR) is 119 cm³/mol. The number of benzene rings is 1. The summed E-state index contributed by atoms with van der Waals surface area (Å²) in [4.78, 5) is 41.9. The minimum atomic E-state index is -2.62. The van der Waals surface area contributed by atoms with E-state index in [1.807, 2.05) is 0 Å². The van der Waals surface area contributed by atoms with Crippen LogP contribution in [0.3, 0.4) is 0 Å². The number of likely N-dealkylation sites (N-methyl/N-ethyl adjacent to an activating group) is 1. The van der Waals surface area contributed by atoms with Gasteiger partial charge in [-0.2, -0.15) is 0 Å². The molecule has 176 valence electrons. The van der Waals surface area contributed by atoms with E-state index >= 15 is 0 Å². The number of carbonyl (C=O) groups excluding carboxylic acids is 3. The number of anilines is 1. The van der Waals surface area contributed by atoms with Gasteiger partial charge >= 0.3 is 0 Å². The molecule has 10 heteroatoms. The molecule has 0 saturated heterocycles. The van der Waals surface area contributed by atoms with Crippen molar-refractivity contribution in [3.05, 3.63) is 40.2 Å². The minimum Gasteiger partial charge on any atom is -0.508 e. The molecule has 1 fully saturated rings. The van der Waals surface area contributed by atoms with Crippen LogP contribution in [0.2, 0.25) is 0 Å². The van der Waals surface area contributed by atoms with E-state index in [4.69, 9.17) is 5.73 Å². The Hall–Kier alpha value is -3.37. The summed E-state index contributed by atoms with van der Waals surface area (Å²) in [5.41, 5.74) is 3.09. The lowest BCUT2D eigenvalue weighted by Crippen LogP contribution is -2.65. The number of carbonyl (C=O) groups is 3. The summed E-state index contributed by atoms with van der Waals surface area (Å²) in [7, 11) is 6.73. The lowest BCUT2D eigenvalue weighted by atomic mass is 9.57. The van der Waals surface area contributed by atoms with Gasteiger partial charge in [0, 0.05) is 37.3 Å². The molecule has 1 amide bonds. The fraction of sp³-hybridized carbons (Fsp3) is 0.435. The van der Waals surface area contributed by atoms with Crippen molar-refractivity contribution < 1.29 is 34.8 Å². The quantitative estimate of drug-likeness (QED) is 0.394. The predicted octanol–water partition coefficient (Wildman–Crippen LogP) is 0.0300. The van der Waals surface area contributed by atoms with E-state index < -0.39 is 58.0 Å². The largest absolute Gasteiger partial charge is 0.508 e. The number of aromatic hydroxyl groups is 1. The number of phenolic OH excluding ortho intramolecular Hbond substituents is 1. The Bertz CT molecular complexity index is 1170. The van der Waals surface area contributed by atoms with Crippen molar-refractivity contribution in [1.82, 2.24) is 4.90 Å². The Morgan fingerprint density at radius 2 is 1.76 bits per heavy atom. The number of primary amides is 1. The van der Waals surface area contributed by atoms with Crippen LogP contribution in [0.25, 0.3) is 5.76 Å². The van der Waals surface area contributed by atoms with Crippen LogP contribution >= 0.6 is 0 Å². The van der Waals surface area contributed by atoms with Gasteiger partial charge in [-0.05, 0) is 44.5 Å². The van der Waals surface area contributed by atoms with Gasteiger partial charge < -0.3 is 31.1 Å². The summed E-state index contributed by atoms with van der Waals surface area (Å²) >= 11 is 0. The number of Topliss-reactive ketones (excluding diaryl/α,β-unsaturated/α-hetero) is 2. The molecule has 3 aliphatic rings. The first-order valence-electron chi connectivity index (χ1n) is 10.5. The van der Waals surface area contributed by atoms with Gasteiger partial charge in [0.05, 0.1) is 11.6 Å². The molecular weight excluding hydrogens is 430 g/mol. The van der Waals surface area contributed by atoms with Gasteiger partial charge in [-0.1, -0.05) is 0 Å². The fourth-order valence-corrected chi connectivity index (χ4v) is 5.51. The zero-order chi connectivity index (χ0) is 24.6. The number of phenols is 1. The highest BCUT2D eigenvalue weighted by atomic mass is 16.3. The molecule has 0 spiro atoms. The second kappa shape index (κ2) is 7.32. The van der Waals surface area contributed by atoms with Crippen molar-refractivity contribution in [2.45, 2.75) is 24.5 Å². The third kappa shape index (κ3) is 2.97. The number of nitrogens with two attached hydrogens (primary N) is 1. The van der Waals surface area contributed by atoms with Gasteiger partial charge in [0.25, 0.3) is 5.91 Å². The summed E-state index contributed by atoms with van der Waals surface area (Å²) in [6, 6.07) is 2.15. The minimum absolute atomic E-state index is 0.0682. The Morgan fingerprint density at radius 3 is 2.30 bits per heavy atom. The fourth-order valence-electron chi connectivity index (χ4n) is 5.51. The van der Waals surface area contributed by atoms with Crippen LogP contribution in [0.15, 0.2) is 29.0 Å². The average molecular weight is 457 g/mol. The number of hydrogen-bond donors (Lipinski definition) is 5. The number of fused-ring (bicyclic) bond motifs is 3. The third-order valence-corrected chi connectivity index (χ3v) is 7.03. The van der Waals surface area contributed by atoms with Crippen LogP contribution in [0.1, 0.15) is 17.5 Å². The molecule has 0 aromatic heterocycles. The van der Waals surface area contributed by atoms with Crippen LogP contribution in [0, 0.1) is 11.8 Å². The molecule has 0 radical (unpaired) electrons. The normalized spacial score (nSPS) is 29.1. The Balaban J connectivity index is 1.96. The van der Waals surface area contributed by atoms with E-state index in [2.05, 4.69) is 0 Å². The number of nitrogens with zero attached hydrogens (tertiary/aromatic N) is 2. The van der Waals surface area contributed by atoms with Crippen LogP contribution < -0.4 is 10.6 Å². The lowest BCUT2D eigenvalue weighted by molar-refractivity contribution is -0.153. The van der Waals surface area contributed by atoms with Crippen LogP contribution in [0.5, 0.6) is 5.75 Å². The zero-order valence-electron chi connectivity index (χ0n) is 18.8. The Labute approximate surface area is 190 Å². The lowest BCUT2D eigenvalue weighted by Gasteiger charge is -2.50. The highest BCUT2D eigenvalue weighted by molar-refractivity contribution is 6.24. The zero-order valence-corrected chi connectivity index (χ0v) is 18.8. The maximum Gasteiger partial charge on any atom is 0.255 e. The van der Waals surface area contributed by atoms with Crippen LogP contribution in [0.4, 0.5) is 5.69 Å². The van der Waals surface area contributed by atoms with Crippen molar-refractivity contribution in [3.63, 3.8) is 0 Å². The maximum absolute atomic E-state index is 13.6. The van der Waals surface area contributed by atoms with Gasteiger partial charge in [0.1, 0.15) is 22.8 Å². The first kappa shape index (κ1) is 22.8. The highest BCUT2D eigenvalue weighted by Gasteiger charge is 2.64. The van der Waals surface area contributed by atoms with Gasteiger partial charge in [0.15, 0.2) is 11.4 Å². The first-order chi connectivity index (χ1) is 15.3. The molecule has 1 aromatic carbocycles. The molecule has 1 unspecified atom stereocenters. The van der Waals surface area contributed by atoms with Crippen molar-refractivity contribution in [2.24, 2.45) is 17.6 Å². The molecule has 1 aromatic rings. The number of aliphatic hydroxyl groups excluding tert-OH is 2. The van der Waals surface area contributed by atoms with Gasteiger partial charge in [-0.25, -0.2) is 0 Å². The topological polar surface area (TPSA) is 165 Å². The molecule has 0 bridgehead atoms. The summed E-state index contributed by atoms with van der Waals surface area (Å²) < 4.78 is 0. The van der Waals surface area contributed by atoms with Crippen molar-refractivity contribution in [3.8, 4) is 5.75 Å². The van der Waals surface area contributed by atoms with Crippen molar-refractivity contribution in [1.29, 1.82) is 0 Å². The number of ketones is 2. The molecule has 0 aliphatic heterocycles. The van der Waals surface area contributed by atoms with E-state index in [1.54, 1.807) is 39.2 Å². The molecule has 6 N–H and O–H groups in total. The molecule has 4 atom stereocenters. The number of amides is 1. The van der Waals surface area contributed by atoms with Crippen molar-refractivity contribution >= 4 is 28.9 Å². The average Bonchev–Trinajstić information content (AvgIpc) is 2.69. The molecule has 0 heterocycles. The smallest absolute Gasteiger partial charge is 0.255 e. The summed E-state index contributed by atoms with van der Waals surface area (Å²) in [6.45, 7) is 0. The maximum atomic E-state index is 13.6. The van der Waals surface area contributed by atoms with Gasteiger partial charge in [0.2, 0.25) is 5.78 Å². The number of rotatable bonds is 3. The molecule has 4 rings (SSSR count). The van der Waals surface area contributed by atoms with Crippen LogP contribution in [-0.4, -0.2) is 82.6 Å². The first-order valence-corrected chi connectivity index (χ1v) is 10.5. The van der Waals surface area contributed by atoms with E-state index in [1.165, 1.54) is 11.0 Å². The molecule has 33 heavy (non-hydrogen) atoms. The van der Waals surface area contributed by atoms with E-state index in [9.17, 15) is 34.8 Å². The van der Waals surface area contributed by atoms with Crippen LogP contribution in [-0.2, 0) is 20.8 Å². The number of aliphatic hydroxyl groups is 3. The highest BCUT2D eigenvalue weighted by Crippen LogP contribution is 2.52. The van der Waals surface area contributed by atoms with Gasteiger partial charge in [-0.15, -0.1) is 0 Å². The SMILES string of the molecule is CN(C)c1cc(O)c2c(c1)C[C@H]1CC3[C@H](N(C)C)C(=O)C(C(N)=O)=C(O)[C@@]3(O)C(=O)C1=C2O. The number of hydrogen-bond acceptors (Lipinski definition) is 9. The molecule has 3 aliphatic carbocycles. The second-order valence-corrected chi connectivity index (χ2v) is 9.36. The van der Waals surface area contributed by atoms with E-state index in [0.717, 1.165) is 0 Å². The second-order valence-electron chi connectivity index (χ2n) is 9.36.